The summed E-state index contributed by atoms with van der Waals surface area (Å²) in [5.41, 5.74) is 3.81. The van der Waals surface area contributed by atoms with E-state index in [1.165, 1.54) is 22.0 Å². The Morgan fingerprint density at radius 2 is 1.96 bits per heavy atom. The zero-order valence-electron chi connectivity index (χ0n) is 14.5. The summed E-state index contributed by atoms with van der Waals surface area (Å²) >= 11 is 0. The highest BCUT2D eigenvalue weighted by Gasteiger charge is 2.06. The van der Waals surface area contributed by atoms with Crippen LogP contribution in [-0.4, -0.2) is 68.3 Å². The van der Waals surface area contributed by atoms with E-state index in [0.29, 0.717) is 0 Å². The van der Waals surface area contributed by atoms with Crippen LogP contribution in [0.5, 0.6) is 0 Å². The first-order chi connectivity index (χ1) is 11.7. The second kappa shape index (κ2) is 9.40. The van der Waals surface area contributed by atoms with E-state index in [4.69, 9.17) is 17.5 Å². The fourth-order valence-corrected chi connectivity index (χ4v) is 2.38. The number of H-pyrrole nitrogens is 1. The molecule has 0 saturated heterocycles. The summed E-state index contributed by atoms with van der Waals surface area (Å²) in [6.07, 6.45) is 6.48. The zero-order valence-corrected chi connectivity index (χ0v) is 15.3. The number of aromatic amines is 1. The minimum absolute atomic E-state index is 0. The molecule has 0 aliphatic carbocycles. The van der Waals surface area contributed by atoms with Gasteiger partial charge in [0, 0.05) is 23.6 Å². The molecule has 0 radical (unpaired) electrons. The minimum Gasteiger partial charge on any atom is -0.412 e. The third kappa shape index (κ3) is 7.29. The van der Waals surface area contributed by atoms with Gasteiger partial charge in [0.15, 0.2) is 0 Å². The van der Waals surface area contributed by atoms with Crippen LogP contribution >= 0.6 is 0 Å². The Hall–Kier alpha value is -2.31. The third-order valence-corrected chi connectivity index (χ3v) is 3.47. The second-order valence-electron chi connectivity index (χ2n) is 5.79. The van der Waals surface area contributed by atoms with Gasteiger partial charge in [-0.15, -0.1) is 0 Å². The molecule has 1 aromatic carbocycles. The smallest absolute Gasteiger partial charge is 0.394 e. The molecule has 0 saturated carbocycles. The fourth-order valence-electron chi connectivity index (χ4n) is 2.38. The van der Waals surface area contributed by atoms with Gasteiger partial charge in [-0.1, -0.05) is 6.07 Å². The molecule has 26 heavy (non-hydrogen) atoms. The number of likely N-dealkylation sites (N-methyl/N-ethyl adjacent to an activating group) is 1. The third-order valence-electron chi connectivity index (χ3n) is 3.47. The van der Waals surface area contributed by atoms with Gasteiger partial charge in [-0.25, -0.2) is 9.67 Å². The molecule has 0 atom stereocenters. The lowest BCUT2D eigenvalue weighted by Crippen LogP contribution is -2.14. The van der Waals surface area contributed by atoms with Gasteiger partial charge in [-0.2, -0.15) is 13.5 Å². The summed E-state index contributed by atoms with van der Waals surface area (Å²) in [5.74, 6) is 0. The molecule has 0 spiro atoms. The Morgan fingerprint density at radius 3 is 2.54 bits per heavy atom. The molecule has 10 nitrogen and oxygen atoms in total. The average molecular weight is 385 g/mol. The van der Waals surface area contributed by atoms with Crippen LogP contribution in [0.15, 0.2) is 37.1 Å². The molecule has 0 amide bonds. The molecule has 2 aromatic heterocycles. The molecule has 3 aromatic rings. The highest BCUT2D eigenvalue weighted by atomic mass is 32.3. The van der Waals surface area contributed by atoms with Crippen molar-refractivity contribution in [3.63, 3.8) is 0 Å². The molecule has 0 aliphatic heterocycles. The number of nitrogens with zero attached hydrogens (tertiary/aromatic N) is 4. The van der Waals surface area contributed by atoms with Crippen molar-refractivity contribution >= 4 is 21.3 Å². The summed E-state index contributed by atoms with van der Waals surface area (Å²) in [5, 5.41) is 5.46. The molecule has 0 fully saturated rings. The van der Waals surface area contributed by atoms with E-state index in [-0.39, 0.29) is 5.48 Å². The van der Waals surface area contributed by atoms with Gasteiger partial charge in [0.25, 0.3) is 0 Å². The number of fused-ring (bicyclic) bond motifs is 1. The van der Waals surface area contributed by atoms with Crippen LogP contribution in [0.4, 0.5) is 0 Å². The van der Waals surface area contributed by atoms with Gasteiger partial charge < -0.3 is 15.4 Å². The summed E-state index contributed by atoms with van der Waals surface area (Å²) in [7, 11) is -0.462. The largest absolute Gasteiger partial charge is 0.412 e. The van der Waals surface area contributed by atoms with Gasteiger partial charge in [0.05, 0.1) is 6.54 Å². The molecule has 3 rings (SSSR count). The standard InChI is InChI=1S/C15H19N5.H2O4S.H2O/c1-19(2)6-5-13-8-17-15-4-3-12(7-14(13)15)9-20-11-16-10-18-20;1-5(2,3)4;/h3-4,7-8,10-11,17H,5-6,9H2,1-2H3;(H2,1,2,3,4);1H2. The highest BCUT2D eigenvalue weighted by molar-refractivity contribution is 7.79. The predicted molar refractivity (Wildman–Crippen MR) is 97.5 cm³/mol. The Morgan fingerprint density at radius 1 is 1.27 bits per heavy atom. The Labute approximate surface area is 151 Å². The number of nitrogens with one attached hydrogen (secondary N) is 1. The van der Waals surface area contributed by atoms with Crippen molar-refractivity contribution in [2.45, 2.75) is 13.0 Å². The SMILES string of the molecule is CN(C)CCc1c[nH]c2ccc(Cn3cncn3)cc12.O.O=S(=O)(O)O. The van der Waals surface area contributed by atoms with Crippen molar-refractivity contribution in [1.29, 1.82) is 0 Å². The van der Waals surface area contributed by atoms with Crippen LogP contribution in [0.2, 0.25) is 0 Å². The summed E-state index contributed by atoms with van der Waals surface area (Å²) in [6.45, 7) is 1.81. The van der Waals surface area contributed by atoms with Gasteiger partial charge >= 0.3 is 10.4 Å². The van der Waals surface area contributed by atoms with Crippen LogP contribution in [-0.2, 0) is 23.4 Å². The molecule has 0 bridgehead atoms. The summed E-state index contributed by atoms with van der Waals surface area (Å²) < 4.78 is 33.4. The van der Waals surface area contributed by atoms with Crippen molar-refractivity contribution in [2.75, 3.05) is 20.6 Å². The normalized spacial score (nSPS) is 11.1. The molecule has 0 unspecified atom stereocenters. The van der Waals surface area contributed by atoms with Crippen molar-refractivity contribution < 1.29 is 23.0 Å². The maximum atomic E-state index is 8.74. The van der Waals surface area contributed by atoms with E-state index < -0.39 is 10.4 Å². The molecule has 11 heteroatoms. The Kier molecular flexibility index (Phi) is 7.86. The van der Waals surface area contributed by atoms with Gasteiger partial charge in [0.1, 0.15) is 12.7 Å². The van der Waals surface area contributed by atoms with Crippen LogP contribution in [0.3, 0.4) is 0 Å². The maximum Gasteiger partial charge on any atom is 0.394 e. The van der Waals surface area contributed by atoms with Crippen LogP contribution in [0, 0.1) is 0 Å². The van der Waals surface area contributed by atoms with Crippen molar-refractivity contribution in [2.24, 2.45) is 0 Å². The van der Waals surface area contributed by atoms with E-state index in [1.54, 1.807) is 12.7 Å². The lowest BCUT2D eigenvalue weighted by atomic mass is 10.1. The monoisotopic (exact) mass is 385 g/mol. The van der Waals surface area contributed by atoms with Crippen LogP contribution in [0.25, 0.3) is 10.9 Å². The first-order valence-corrected chi connectivity index (χ1v) is 8.88. The summed E-state index contributed by atoms with van der Waals surface area (Å²) in [6, 6.07) is 6.52. The fraction of sp³-hybridized carbons (Fsp3) is 0.333. The quantitative estimate of drug-likeness (QED) is 0.538. The van der Waals surface area contributed by atoms with Gasteiger partial charge in [0.2, 0.25) is 0 Å². The average Bonchev–Trinajstić information content (AvgIpc) is 3.12. The van der Waals surface area contributed by atoms with E-state index >= 15 is 0 Å². The molecular weight excluding hydrogens is 362 g/mol. The number of rotatable bonds is 5. The number of hydrogen-bond donors (Lipinski definition) is 3. The number of hydrogen-bond acceptors (Lipinski definition) is 5. The molecule has 2 heterocycles. The lowest BCUT2D eigenvalue weighted by molar-refractivity contribution is 0.381. The number of benzene rings is 1. The molecule has 5 N–H and O–H groups in total. The van der Waals surface area contributed by atoms with Crippen molar-refractivity contribution in [3.8, 4) is 0 Å². The second-order valence-corrected chi connectivity index (χ2v) is 6.68. The molecule has 144 valence electrons. The number of aromatic nitrogens is 4. The Bertz CT molecular complexity index is 898. The minimum atomic E-state index is -4.67. The molecule has 0 aliphatic rings. The van der Waals surface area contributed by atoms with Gasteiger partial charge in [-0.3, -0.25) is 9.11 Å². The zero-order chi connectivity index (χ0) is 18.4. The molecular formula is C15H23N5O5S. The maximum absolute atomic E-state index is 8.74. The lowest BCUT2D eigenvalue weighted by Gasteiger charge is -2.08. The summed E-state index contributed by atoms with van der Waals surface area (Å²) in [4.78, 5) is 9.53. The van der Waals surface area contributed by atoms with Gasteiger partial charge in [-0.05, 0) is 43.8 Å². The Balaban J connectivity index is 0.000000501. The van der Waals surface area contributed by atoms with E-state index in [1.807, 2.05) is 4.68 Å². The van der Waals surface area contributed by atoms with Crippen molar-refractivity contribution in [3.05, 3.63) is 48.2 Å². The first kappa shape index (κ1) is 21.7. The van der Waals surface area contributed by atoms with E-state index in [2.05, 4.69) is 58.5 Å². The first-order valence-electron chi connectivity index (χ1n) is 7.48. The van der Waals surface area contributed by atoms with Crippen LogP contribution < -0.4 is 0 Å². The van der Waals surface area contributed by atoms with Crippen LogP contribution in [0.1, 0.15) is 11.1 Å². The highest BCUT2D eigenvalue weighted by Crippen LogP contribution is 2.21. The van der Waals surface area contributed by atoms with E-state index in [9.17, 15) is 0 Å². The van der Waals surface area contributed by atoms with E-state index in [0.717, 1.165) is 19.5 Å². The predicted octanol–water partition coefficient (Wildman–Crippen LogP) is 0.434. The van der Waals surface area contributed by atoms with Crippen molar-refractivity contribution in [1.82, 2.24) is 24.6 Å². The topological polar surface area (TPSA) is 156 Å².